The van der Waals surface area contributed by atoms with Crippen LogP contribution in [0.15, 0.2) is 48.8 Å². The second-order valence-electron chi connectivity index (χ2n) is 7.85. The SMILES string of the molecule is COC([NH-])=O.COC([NH-])=O.O=[C-]Pc1ncc(C#Cc2ccc3c(c2)OCc2cc(-c4cnc(P[C-]=O)[nH]4)ccc2-3)[nH]1.[V+2].[V+2]. The molecule has 4 aromatic rings. The molecule has 222 valence electrons. The van der Waals surface area contributed by atoms with Crippen LogP contribution in [0.4, 0.5) is 9.59 Å². The van der Waals surface area contributed by atoms with Crippen molar-refractivity contribution in [1.82, 2.24) is 19.9 Å². The van der Waals surface area contributed by atoms with E-state index in [0.717, 1.165) is 53.5 Å². The summed E-state index contributed by atoms with van der Waals surface area (Å²) in [4.78, 5) is 54.0. The van der Waals surface area contributed by atoms with Crippen molar-refractivity contribution in [3.8, 4) is 40.0 Å². The fourth-order valence-corrected chi connectivity index (χ4v) is 4.30. The third kappa shape index (κ3) is 11.3. The van der Waals surface area contributed by atoms with Crippen molar-refractivity contribution in [2.45, 2.75) is 6.61 Å². The quantitative estimate of drug-likeness (QED) is 0.174. The maximum Gasteiger partial charge on any atom is 2.00 e. The standard InChI is InChI=1S/C23H14N4O3P2.2C2H5NO2.2V/c28-12-31-22-24-9-17(26-22)4-1-14-2-5-19-18-6-3-15(8-16(18)11-30-21(19)7-14)20-10-25-23(27-20)32-13-29;2*1-5-2(3)4;;/h2-3,5-10,31-32H,11H2,(H,24,26)(H,25,27);2*1H3,(H2,3,4);;/q-2;;;2*+2/p-2. The fraction of sp³-hybridized carbons (Fsp3) is 0.111. The van der Waals surface area contributed by atoms with Crippen LogP contribution in [0.25, 0.3) is 33.9 Å². The molecule has 3 heterocycles. The number of hydrogen-bond donors (Lipinski definition) is 2. The van der Waals surface area contributed by atoms with E-state index in [2.05, 4.69) is 53.4 Å². The van der Waals surface area contributed by atoms with Gasteiger partial charge in [-0.3, -0.25) is 9.59 Å². The number of carbonyl (C=O) groups is 2. The van der Waals surface area contributed by atoms with Crippen LogP contribution in [0.1, 0.15) is 16.8 Å². The van der Waals surface area contributed by atoms with Crippen LogP contribution in [-0.4, -0.2) is 58.4 Å². The minimum atomic E-state index is -0.995. The topological polar surface area (TPSA) is 201 Å². The number of hydrogen-bond acceptors (Lipinski definition) is 9. The molecule has 2 aromatic heterocycles. The molecular weight excluding hydrogens is 684 g/mol. The number of amides is 2. The number of carbonyl (C=O) groups excluding carboxylic acids is 4. The minimum Gasteiger partial charge on any atom is -0.632 e. The van der Waals surface area contributed by atoms with Gasteiger partial charge in [0.1, 0.15) is 18.1 Å². The number of rotatable bonds is 5. The molecule has 1 aliphatic rings. The summed E-state index contributed by atoms with van der Waals surface area (Å²) in [6.45, 7) is 0.449. The first-order valence-corrected chi connectivity index (χ1v) is 13.7. The van der Waals surface area contributed by atoms with Crippen LogP contribution in [0.5, 0.6) is 5.75 Å². The second-order valence-corrected chi connectivity index (χ2v) is 9.71. The summed E-state index contributed by atoms with van der Waals surface area (Å²) in [6.07, 6.45) is 1.34. The van der Waals surface area contributed by atoms with Crippen molar-refractivity contribution in [3.05, 3.63) is 77.1 Å². The Hall–Kier alpha value is -3.87. The van der Waals surface area contributed by atoms with E-state index in [4.69, 9.17) is 16.2 Å². The first-order chi connectivity index (χ1) is 20.3. The second kappa shape index (κ2) is 19.4. The Morgan fingerprint density at radius 3 is 2.09 bits per heavy atom. The van der Waals surface area contributed by atoms with Gasteiger partial charge < -0.3 is 45.2 Å². The largest absolute Gasteiger partial charge is 2.00 e. The van der Waals surface area contributed by atoms with Gasteiger partial charge in [0.2, 0.25) is 12.2 Å². The van der Waals surface area contributed by atoms with Crippen LogP contribution in [0.2, 0.25) is 0 Å². The Bertz CT molecular complexity index is 1640. The molecule has 0 saturated carbocycles. The zero-order chi connectivity index (χ0) is 30.5. The molecule has 2 unspecified atom stereocenters. The number of H-pyrrole nitrogens is 2. The maximum absolute atomic E-state index is 10.6. The van der Waals surface area contributed by atoms with Crippen molar-refractivity contribution >= 4 is 52.5 Å². The van der Waals surface area contributed by atoms with Gasteiger partial charge in [-0.05, 0) is 46.9 Å². The van der Waals surface area contributed by atoms with Crippen molar-refractivity contribution < 1.29 is 70.5 Å². The number of imidazole rings is 2. The van der Waals surface area contributed by atoms with Gasteiger partial charge in [0, 0.05) is 11.1 Å². The summed E-state index contributed by atoms with van der Waals surface area (Å²) < 4.78 is 13.6. The van der Waals surface area contributed by atoms with E-state index in [1.54, 1.807) is 12.4 Å². The van der Waals surface area contributed by atoms with Gasteiger partial charge in [0.05, 0.1) is 43.4 Å². The van der Waals surface area contributed by atoms with E-state index in [0.29, 0.717) is 23.4 Å². The molecule has 0 spiro atoms. The molecule has 13 nitrogen and oxygen atoms in total. The number of aromatic amines is 2. The summed E-state index contributed by atoms with van der Waals surface area (Å²) in [5.74, 6) is 6.90. The molecule has 5 rings (SSSR count). The first kappa shape index (κ1) is 38.2. The van der Waals surface area contributed by atoms with Gasteiger partial charge >= 0.3 is 37.1 Å². The third-order valence-electron chi connectivity index (χ3n) is 5.27. The normalized spacial score (nSPS) is 10.4. The van der Waals surface area contributed by atoms with Crippen LogP contribution in [0, 0.1) is 11.8 Å². The van der Waals surface area contributed by atoms with Crippen molar-refractivity contribution in [1.29, 1.82) is 0 Å². The number of nitrogens with one attached hydrogen (secondary N) is 4. The Morgan fingerprint density at radius 1 is 0.886 bits per heavy atom. The van der Waals surface area contributed by atoms with Crippen LogP contribution in [-0.2, 0) is 62.8 Å². The Kier molecular flexibility index (Phi) is 16.8. The van der Waals surface area contributed by atoms with E-state index in [9.17, 15) is 19.2 Å². The van der Waals surface area contributed by atoms with Crippen LogP contribution >= 0.6 is 17.2 Å². The zero-order valence-corrected chi connectivity index (χ0v) is 27.8. The molecule has 0 fully saturated rings. The van der Waals surface area contributed by atoms with E-state index in [1.165, 1.54) is 0 Å². The number of ether oxygens (including phenoxy) is 3. The van der Waals surface area contributed by atoms with Crippen molar-refractivity contribution in [2.75, 3.05) is 14.2 Å². The maximum atomic E-state index is 10.6. The average molecular weight is 706 g/mol. The molecular formula is C27H22N6O7P2V2. The number of methoxy groups -OCH3 is 2. The first-order valence-electron chi connectivity index (χ1n) is 11.7. The van der Waals surface area contributed by atoms with E-state index < -0.39 is 12.2 Å². The number of benzene rings is 2. The summed E-state index contributed by atoms with van der Waals surface area (Å²) in [6, 6.07) is 15.8. The zero-order valence-electron chi connectivity index (χ0n) is 23.0. The molecule has 2 radical (unpaired) electrons. The molecule has 2 atom stereocenters. The molecule has 0 aliphatic carbocycles. The summed E-state index contributed by atoms with van der Waals surface area (Å²) in [5.41, 5.74) is 19.6. The smallest absolute Gasteiger partial charge is 0.632 e. The van der Waals surface area contributed by atoms with Crippen molar-refractivity contribution in [3.63, 3.8) is 0 Å². The molecule has 0 saturated heterocycles. The molecule has 1 aliphatic heterocycles. The van der Waals surface area contributed by atoms with Crippen molar-refractivity contribution in [2.24, 2.45) is 0 Å². The van der Waals surface area contributed by atoms with Gasteiger partial charge in [-0.15, -0.1) is 0 Å². The monoisotopic (exact) mass is 706 g/mol. The summed E-state index contributed by atoms with van der Waals surface area (Å²) in [5, 5.41) is 0. The Balaban J connectivity index is 0.000000705. The summed E-state index contributed by atoms with van der Waals surface area (Å²) >= 11 is 0. The number of fused-ring (bicyclic) bond motifs is 3. The van der Waals surface area contributed by atoms with Gasteiger partial charge in [0.25, 0.3) is 0 Å². The van der Waals surface area contributed by atoms with Gasteiger partial charge in [-0.25, -0.2) is 22.0 Å². The predicted molar refractivity (Wildman–Crippen MR) is 159 cm³/mol. The molecule has 44 heavy (non-hydrogen) atoms. The number of nitrogens with zero attached hydrogens (tertiary/aromatic N) is 2. The third-order valence-corrected chi connectivity index (χ3v) is 6.46. The van der Waals surface area contributed by atoms with E-state index in [-0.39, 0.29) is 54.3 Å². The number of aromatic nitrogens is 4. The Labute approximate surface area is 279 Å². The van der Waals surface area contributed by atoms with Gasteiger partial charge in [-0.2, -0.15) is 17.2 Å². The van der Waals surface area contributed by atoms with E-state index >= 15 is 0 Å². The minimum absolute atomic E-state index is 0. The molecule has 0 bridgehead atoms. The molecule has 2 aromatic carbocycles. The van der Waals surface area contributed by atoms with E-state index in [1.807, 2.05) is 36.3 Å². The van der Waals surface area contributed by atoms with Crippen LogP contribution < -0.4 is 15.9 Å². The van der Waals surface area contributed by atoms with Gasteiger partial charge in [0.15, 0.2) is 0 Å². The molecule has 17 heteroatoms. The van der Waals surface area contributed by atoms with Gasteiger partial charge in [-0.1, -0.05) is 18.1 Å². The average Bonchev–Trinajstić information content (AvgIpc) is 3.66. The molecule has 2 amide bonds. The summed E-state index contributed by atoms with van der Waals surface area (Å²) in [7, 11) is 2.10. The predicted octanol–water partition coefficient (Wildman–Crippen LogP) is 4.11. The van der Waals surface area contributed by atoms with Crippen LogP contribution in [0.3, 0.4) is 0 Å². The fourth-order valence-electron chi connectivity index (χ4n) is 3.46. The molecule has 4 N–H and O–H groups in total. The Morgan fingerprint density at radius 2 is 1.48 bits per heavy atom.